The lowest BCUT2D eigenvalue weighted by molar-refractivity contribution is 0.128. The molecule has 0 aromatic heterocycles. The summed E-state index contributed by atoms with van der Waals surface area (Å²) in [6.45, 7) is 5.81. The highest BCUT2D eigenvalue weighted by Gasteiger charge is 2.22. The Morgan fingerprint density at radius 3 is 2.60 bits per heavy atom. The van der Waals surface area contributed by atoms with Crippen molar-refractivity contribution in [2.45, 2.75) is 52.2 Å². The maximum absolute atomic E-state index is 6.31. The molecule has 1 saturated carbocycles. The van der Waals surface area contributed by atoms with Crippen LogP contribution in [0.1, 0.15) is 45.1 Å². The van der Waals surface area contributed by atoms with Crippen molar-refractivity contribution in [3.05, 3.63) is 23.8 Å². The summed E-state index contributed by atoms with van der Waals surface area (Å²) in [5, 5.41) is 3.20. The largest absolute Gasteiger partial charge is 0.490 e. The van der Waals surface area contributed by atoms with Crippen molar-refractivity contribution in [2.75, 3.05) is 13.7 Å². The van der Waals surface area contributed by atoms with Crippen LogP contribution in [0, 0.1) is 5.92 Å². The van der Waals surface area contributed by atoms with Crippen LogP contribution >= 0.6 is 0 Å². The number of ether oxygens (including phenoxy) is 2. The van der Waals surface area contributed by atoms with E-state index in [1.807, 2.05) is 26.1 Å². The number of rotatable bonds is 6. The minimum Gasteiger partial charge on any atom is -0.490 e. The molecule has 1 aromatic carbocycles. The van der Waals surface area contributed by atoms with E-state index >= 15 is 0 Å². The van der Waals surface area contributed by atoms with Gasteiger partial charge in [-0.05, 0) is 51.6 Å². The van der Waals surface area contributed by atoms with Gasteiger partial charge in [-0.25, -0.2) is 0 Å². The maximum Gasteiger partial charge on any atom is 0.166 e. The average molecular weight is 277 g/mol. The van der Waals surface area contributed by atoms with Gasteiger partial charge in [0.15, 0.2) is 11.5 Å². The van der Waals surface area contributed by atoms with Gasteiger partial charge in [0.1, 0.15) is 0 Å². The lowest BCUT2D eigenvalue weighted by atomic mass is 9.89. The standard InChI is InChI=1S/C17H27NO2/c1-4-19-16-7-5-6-14(12-18-3)17(16)20-15-10-8-13(2)9-11-15/h5-7,13,15,18H,4,8-12H2,1-3H3. The zero-order valence-corrected chi connectivity index (χ0v) is 12.9. The minimum atomic E-state index is 0.336. The number of para-hydroxylation sites is 1. The number of hydrogen-bond donors (Lipinski definition) is 1. The van der Waals surface area contributed by atoms with E-state index in [1.54, 1.807) is 0 Å². The molecule has 1 fully saturated rings. The molecule has 0 bridgehead atoms. The molecule has 0 radical (unpaired) electrons. The van der Waals surface area contributed by atoms with Gasteiger partial charge in [-0.2, -0.15) is 0 Å². The summed E-state index contributed by atoms with van der Waals surface area (Å²) in [6, 6.07) is 6.15. The van der Waals surface area contributed by atoms with Crippen LogP contribution in [0.25, 0.3) is 0 Å². The predicted octanol–water partition coefficient (Wildman–Crippen LogP) is 3.76. The van der Waals surface area contributed by atoms with Crippen molar-refractivity contribution in [1.82, 2.24) is 5.32 Å². The third kappa shape index (κ3) is 3.89. The van der Waals surface area contributed by atoms with Crippen LogP contribution in [0.3, 0.4) is 0 Å². The molecule has 0 aliphatic heterocycles. The van der Waals surface area contributed by atoms with Gasteiger partial charge in [0.25, 0.3) is 0 Å². The Bertz CT molecular complexity index is 387. The quantitative estimate of drug-likeness (QED) is 0.858. The summed E-state index contributed by atoms with van der Waals surface area (Å²) in [4.78, 5) is 0. The van der Waals surface area contributed by atoms with E-state index in [-0.39, 0.29) is 0 Å². The molecule has 20 heavy (non-hydrogen) atoms. The third-order valence-corrected chi connectivity index (χ3v) is 3.97. The van der Waals surface area contributed by atoms with Gasteiger partial charge in [-0.15, -0.1) is 0 Å². The van der Waals surface area contributed by atoms with E-state index in [9.17, 15) is 0 Å². The Morgan fingerprint density at radius 1 is 1.20 bits per heavy atom. The summed E-state index contributed by atoms with van der Waals surface area (Å²) in [5.74, 6) is 2.65. The normalized spacial score (nSPS) is 22.6. The summed E-state index contributed by atoms with van der Waals surface area (Å²) in [5.41, 5.74) is 1.18. The lowest BCUT2D eigenvalue weighted by Gasteiger charge is -2.28. The molecule has 3 nitrogen and oxygen atoms in total. The van der Waals surface area contributed by atoms with E-state index in [1.165, 1.54) is 18.4 Å². The van der Waals surface area contributed by atoms with Gasteiger partial charge in [0.05, 0.1) is 12.7 Å². The summed E-state index contributed by atoms with van der Waals surface area (Å²) in [6.07, 6.45) is 5.18. The van der Waals surface area contributed by atoms with Crippen LogP contribution in [0.2, 0.25) is 0 Å². The van der Waals surface area contributed by atoms with E-state index < -0.39 is 0 Å². The fourth-order valence-electron chi connectivity index (χ4n) is 2.81. The Balaban J connectivity index is 2.14. The molecule has 1 N–H and O–H groups in total. The Morgan fingerprint density at radius 2 is 1.95 bits per heavy atom. The summed E-state index contributed by atoms with van der Waals surface area (Å²) < 4.78 is 12.0. The van der Waals surface area contributed by atoms with Crippen LogP contribution in [-0.2, 0) is 6.54 Å². The first-order chi connectivity index (χ1) is 9.74. The van der Waals surface area contributed by atoms with Crippen molar-refractivity contribution in [3.8, 4) is 11.5 Å². The molecule has 0 atom stereocenters. The summed E-state index contributed by atoms with van der Waals surface area (Å²) in [7, 11) is 1.96. The molecule has 0 amide bonds. The topological polar surface area (TPSA) is 30.5 Å². The van der Waals surface area contributed by atoms with E-state index in [0.29, 0.717) is 12.7 Å². The fourth-order valence-corrected chi connectivity index (χ4v) is 2.81. The zero-order chi connectivity index (χ0) is 14.4. The van der Waals surface area contributed by atoms with Gasteiger partial charge in [-0.3, -0.25) is 0 Å². The van der Waals surface area contributed by atoms with E-state index in [4.69, 9.17) is 9.47 Å². The molecule has 1 aliphatic rings. The summed E-state index contributed by atoms with van der Waals surface area (Å²) >= 11 is 0. The highest BCUT2D eigenvalue weighted by molar-refractivity contribution is 5.46. The monoisotopic (exact) mass is 277 g/mol. The van der Waals surface area contributed by atoms with Gasteiger partial charge >= 0.3 is 0 Å². The third-order valence-electron chi connectivity index (χ3n) is 3.97. The molecule has 0 unspecified atom stereocenters. The SMILES string of the molecule is CCOc1cccc(CNC)c1OC1CCC(C)CC1. The fraction of sp³-hybridized carbons (Fsp3) is 0.647. The average Bonchev–Trinajstić information content (AvgIpc) is 2.45. The molecule has 2 rings (SSSR count). The second-order valence-electron chi connectivity index (χ2n) is 5.71. The van der Waals surface area contributed by atoms with E-state index in [2.05, 4.69) is 18.3 Å². The van der Waals surface area contributed by atoms with Crippen molar-refractivity contribution in [2.24, 2.45) is 5.92 Å². The molecular formula is C17H27NO2. The first kappa shape index (κ1) is 15.2. The number of hydrogen-bond acceptors (Lipinski definition) is 3. The molecule has 1 aliphatic carbocycles. The zero-order valence-electron chi connectivity index (χ0n) is 12.9. The first-order valence-corrected chi connectivity index (χ1v) is 7.80. The molecule has 0 spiro atoms. The predicted molar refractivity (Wildman–Crippen MR) is 82.4 cm³/mol. The van der Waals surface area contributed by atoms with Crippen LogP contribution in [-0.4, -0.2) is 19.8 Å². The van der Waals surface area contributed by atoms with Crippen LogP contribution in [0.5, 0.6) is 11.5 Å². The lowest BCUT2D eigenvalue weighted by Crippen LogP contribution is -2.24. The van der Waals surface area contributed by atoms with Gasteiger partial charge in [-0.1, -0.05) is 19.1 Å². The second kappa shape index (κ2) is 7.53. The Labute approximate surface area is 122 Å². The second-order valence-corrected chi connectivity index (χ2v) is 5.71. The van der Waals surface area contributed by atoms with Crippen molar-refractivity contribution < 1.29 is 9.47 Å². The molecule has 0 saturated heterocycles. The maximum atomic E-state index is 6.31. The molecule has 1 aromatic rings. The Hall–Kier alpha value is -1.22. The molecule has 3 heteroatoms. The number of benzene rings is 1. The molecular weight excluding hydrogens is 250 g/mol. The van der Waals surface area contributed by atoms with Crippen LogP contribution < -0.4 is 14.8 Å². The molecule has 0 heterocycles. The van der Waals surface area contributed by atoms with E-state index in [0.717, 1.165) is 36.8 Å². The first-order valence-electron chi connectivity index (χ1n) is 7.80. The van der Waals surface area contributed by atoms with Crippen molar-refractivity contribution >= 4 is 0 Å². The van der Waals surface area contributed by atoms with Crippen LogP contribution in [0.15, 0.2) is 18.2 Å². The highest BCUT2D eigenvalue weighted by atomic mass is 16.5. The smallest absolute Gasteiger partial charge is 0.166 e. The minimum absolute atomic E-state index is 0.336. The van der Waals surface area contributed by atoms with Crippen molar-refractivity contribution in [1.29, 1.82) is 0 Å². The van der Waals surface area contributed by atoms with Crippen molar-refractivity contribution in [3.63, 3.8) is 0 Å². The van der Waals surface area contributed by atoms with Gasteiger partial charge in [0, 0.05) is 12.1 Å². The van der Waals surface area contributed by atoms with Gasteiger partial charge in [0.2, 0.25) is 0 Å². The highest BCUT2D eigenvalue weighted by Crippen LogP contribution is 2.35. The van der Waals surface area contributed by atoms with Gasteiger partial charge < -0.3 is 14.8 Å². The molecule has 112 valence electrons. The Kier molecular flexibility index (Phi) is 5.72. The van der Waals surface area contributed by atoms with Crippen LogP contribution in [0.4, 0.5) is 0 Å². The number of nitrogens with one attached hydrogen (secondary N) is 1.